The van der Waals surface area contributed by atoms with Crippen molar-refractivity contribution in [2.75, 3.05) is 17.7 Å². The lowest BCUT2D eigenvalue weighted by atomic mass is 10.3. The van der Waals surface area contributed by atoms with Gasteiger partial charge in [0.2, 0.25) is 0 Å². The van der Waals surface area contributed by atoms with E-state index in [9.17, 15) is 4.79 Å². The number of carbonyl (C=O) groups excluding carboxylic acids is 1. The molecule has 3 aromatic rings. The minimum Gasteiger partial charge on any atom is -0.497 e. The van der Waals surface area contributed by atoms with E-state index in [0.29, 0.717) is 23.2 Å². The molecule has 1 aromatic carbocycles. The average molecular weight is 339 g/mol. The first kappa shape index (κ1) is 16.4. The van der Waals surface area contributed by atoms with Crippen molar-refractivity contribution < 1.29 is 14.1 Å². The van der Waals surface area contributed by atoms with Gasteiger partial charge in [-0.2, -0.15) is 0 Å². The Morgan fingerprint density at radius 3 is 2.68 bits per heavy atom. The number of hydrogen-bond donors (Lipinski definition) is 2. The molecular formula is C17H17N5O3. The van der Waals surface area contributed by atoms with Gasteiger partial charge in [-0.3, -0.25) is 4.79 Å². The molecule has 0 atom stereocenters. The molecule has 0 saturated carbocycles. The van der Waals surface area contributed by atoms with Crippen LogP contribution in [0.4, 0.5) is 17.3 Å². The Kier molecular flexibility index (Phi) is 4.60. The zero-order chi connectivity index (χ0) is 17.8. The molecule has 0 aliphatic carbocycles. The van der Waals surface area contributed by atoms with Crippen LogP contribution in [0.3, 0.4) is 0 Å². The number of amides is 1. The molecule has 0 spiro atoms. The fourth-order valence-electron chi connectivity index (χ4n) is 2.20. The molecule has 0 bridgehead atoms. The topological polar surface area (TPSA) is 102 Å². The summed E-state index contributed by atoms with van der Waals surface area (Å²) >= 11 is 0. The Balaban J connectivity index is 1.80. The van der Waals surface area contributed by atoms with Gasteiger partial charge in [0.1, 0.15) is 28.8 Å². The van der Waals surface area contributed by atoms with Gasteiger partial charge in [-0.15, -0.1) is 0 Å². The minimum absolute atomic E-state index is 0.221. The predicted molar refractivity (Wildman–Crippen MR) is 92.2 cm³/mol. The van der Waals surface area contributed by atoms with Crippen molar-refractivity contribution in [3.63, 3.8) is 0 Å². The van der Waals surface area contributed by atoms with Crippen LogP contribution in [-0.4, -0.2) is 28.1 Å². The lowest BCUT2D eigenvalue weighted by Gasteiger charge is -2.09. The summed E-state index contributed by atoms with van der Waals surface area (Å²) in [7, 11) is 1.60. The van der Waals surface area contributed by atoms with Crippen LogP contribution < -0.4 is 15.4 Å². The quantitative estimate of drug-likeness (QED) is 0.736. The first-order chi connectivity index (χ1) is 12.0. The molecule has 2 heterocycles. The Morgan fingerprint density at radius 1 is 1.12 bits per heavy atom. The molecule has 128 valence electrons. The first-order valence-electron chi connectivity index (χ1n) is 7.55. The van der Waals surface area contributed by atoms with Crippen molar-refractivity contribution in [2.24, 2.45) is 0 Å². The Hall–Kier alpha value is -3.42. The van der Waals surface area contributed by atoms with Crippen molar-refractivity contribution >= 4 is 23.2 Å². The largest absolute Gasteiger partial charge is 0.497 e. The van der Waals surface area contributed by atoms with Gasteiger partial charge in [0, 0.05) is 23.9 Å². The SMILES string of the molecule is COc1cccc(Nc2cc(C(=O)Nc3cc(C)on3)nc(C)n2)c1. The van der Waals surface area contributed by atoms with Gasteiger partial charge in [-0.1, -0.05) is 11.2 Å². The second kappa shape index (κ2) is 7.00. The van der Waals surface area contributed by atoms with Crippen LogP contribution in [0.15, 0.2) is 40.9 Å². The van der Waals surface area contributed by atoms with Crippen molar-refractivity contribution in [1.82, 2.24) is 15.1 Å². The molecule has 0 radical (unpaired) electrons. The smallest absolute Gasteiger partial charge is 0.275 e. The highest BCUT2D eigenvalue weighted by Crippen LogP contribution is 2.21. The molecule has 0 aliphatic rings. The normalized spacial score (nSPS) is 10.4. The molecule has 0 unspecified atom stereocenters. The van der Waals surface area contributed by atoms with E-state index in [1.165, 1.54) is 0 Å². The second-order valence-corrected chi connectivity index (χ2v) is 5.32. The van der Waals surface area contributed by atoms with Crippen LogP contribution in [0.1, 0.15) is 22.1 Å². The number of aryl methyl sites for hydroxylation is 2. The summed E-state index contributed by atoms with van der Waals surface area (Å²) in [5, 5.41) is 9.50. The van der Waals surface area contributed by atoms with Gasteiger partial charge >= 0.3 is 0 Å². The summed E-state index contributed by atoms with van der Waals surface area (Å²) < 4.78 is 10.1. The third kappa shape index (κ3) is 4.11. The highest BCUT2D eigenvalue weighted by Gasteiger charge is 2.13. The summed E-state index contributed by atoms with van der Waals surface area (Å²) in [6.45, 7) is 3.46. The fourth-order valence-corrected chi connectivity index (χ4v) is 2.20. The fraction of sp³-hybridized carbons (Fsp3) is 0.176. The molecule has 8 nitrogen and oxygen atoms in total. The molecule has 2 N–H and O–H groups in total. The Labute approximate surface area is 144 Å². The molecule has 0 fully saturated rings. The number of nitrogens with one attached hydrogen (secondary N) is 2. The van der Waals surface area contributed by atoms with E-state index >= 15 is 0 Å². The van der Waals surface area contributed by atoms with E-state index in [0.717, 1.165) is 11.4 Å². The number of methoxy groups -OCH3 is 1. The van der Waals surface area contributed by atoms with Gasteiger partial charge in [0.15, 0.2) is 5.82 Å². The van der Waals surface area contributed by atoms with Crippen LogP contribution in [0.25, 0.3) is 0 Å². The van der Waals surface area contributed by atoms with Crippen molar-refractivity contribution in [3.8, 4) is 5.75 Å². The number of rotatable bonds is 5. The molecule has 8 heteroatoms. The molecule has 3 rings (SSSR count). The number of nitrogens with zero attached hydrogens (tertiary/aromatic N) is 3. The molecule has 2 aromatic heterocycles. The number of hydrogen-bond acceptors (Lipinski definition) is 7. The van der Waals surface area contributed by atoms with Crippen molar-refractivity contribution in [3.05, 3.63) is 53.7 Å². The Bertz CT molecular complexity index is 907. The van der Waals surface area contributed by atoms with Crippen LogP contribution in [-0.2, 0) is 0 Å². The molecule has 0 saturated heterocycles. The van der Waals surface area contributed by atoms with Crippen LogP contribution in [0.2, 0.25) is 0 Å². The summed E-state index contributed by atoms with van der Waals surface area (Å²) in [6, 6.07) is 10.6. The second-order valence-electron chi connectivity index (χ2n) is 5.32. The maximum atomic E-state index is 12.3. The summed E-state index contributed by atoms with van der Waals surface area (Å²) in [4.78, 5) is 20.8. The number of anilines is 3. The van der Waals surface area contributed by atoms with Crippen LogP contribution in [0.5, 0.6) is 5.75 Å². The highest BCUT2D eigenvalue weighted by atomic mass is 16.5. The van der Waals surface area contributed by atoms with Gasteiger partial charge in [0.05, 0.1) is 7.11 Å². The molecule has 25 heavy (non-hydrogen) atoms. The number of carbonyl (C=O) groups is 1. The lowest BCUT2D eigenvalue weighted by Crippen LogP contribution is -2.15. The highest BCUT2D eigenvalue weighted by molar-refractivity contribution is 6.02. The third-order valence-electron chi connectivity index (χ3n) is 3.28. The van der Waals surface area contributed by atoms with Crippen molar-refractivity contribution in [1.29, 1.82) is 0 Å². The zero-order valence-corrected chi connectivity index (χ0v) is 14.0. The Morgan fingerprint density at radius 2 is 1.96 bits per heavy atom. The average Bonchev–Trinajstić information content (AvgIpc) is 2.99. The van der Waals surface area contributed by atoms with E-state index in [1.54, 1.807) is 33.1 Å². The van der Waals surface area contributed by atoms with Crippen LogP contribution >= 0.6 is 0 Å². The van der Waals surface area contributed by atoms with E-state index in [4.69, 9.17) is 9.26 Å². The summed E-state index contributed by atoms with van der Waals surface area (Å²) in [5.74, 6) is 2.23. The van der Waals surface area contributed by atoms with Gasteiger partial charge in [0.25, 0.3) is 5.91 Å². The maximum Gasteiger partial charge on any atom is 0.275 e. The summed E-state index contributed by atoms with van der Waals surface area (Å²) in [6.07, 6.45) is 0. The monoisotopic (exact) mass is 339 g/mol. The predicted octanol–water partition coefficient (Wildman–Crippen LogP) is 3.09. The van der Waals surface area contributed by atoms with Gasteiger partial charge < -0.3 is 19.9 Å². The van der Waals surface area contributed by atoms with E-state index in [2.05, 4.69) is 25.8 Å². The van der Waals surface area contributed by atoms with Crippen LogP contribution in [0, 0.1) is 13.8 Å². The number of benzene rings is 1. The standard InChI is InChI=1S/C17H17N5O3/c1-10-7-16(22-25-10)21-17(23)14-9-15(19-11(2)18-14)20-12-5-4-6-13(8-12)24-3/h4-9H,1-3H3,(H,18,19,20)(H,21,22,23). The molecule has 0 aliphatic heterocycles. The molecular weight excluding hydrogens is 322 g/mol. The van der Waals surface area contributed by atoms with Gasteiger partial charge in [-0.05, 0) is 26.0 Å². The van der Waals surface area contributed by atoms with E-state index in [-0.39, 0.29) is 5.69 Å². The first-order valence-corrected chi connectivity index (χ1v) is 7.55. The summed E-state index contributed by atoms with van der Waals surface area (Å²) in [5.41, 5.74) is 1.01. The number of aromatic nitrogens is 3. The molecule has 1 amide bonds. The minimum atomic E-state index is -0.396. The number of ether oxygens (including phenoxy) is 1. The van der Waals surface area contributed by atoms with E-state index in [1.807, 2.05) is 24.3 Å². The maximum absolute atomic E-state index is 12.3. The van der Waals surface area contributed by atoms with E-state index < -0.39 is 5.91 Å². The van der Waals surface area contributed by atoms with Gasteiger partial charge in [-0.25, -0.2) is 9.97 Å². The van der Waals surface area contributed by atoms with Crippen molar-refractivity contribution in [2.45, 2.75) is 13.8 Å². The lowest BCUT2D eigenvalue weighted by molar-refractivity contribution is 0.102. The third-order valence-corrected chi connectivity index (χ3v) is 3.28. The zero-order valence-electron chi connectivity index (χ0n) is 14.0.